The van der Waals surface area contributed by atoms with Gasteiger partial charge in [0, 0.05) is 5.56 Å². The van der Waals surface area contributed by atoms with E-state index in [1.807, 2.05) is 0 Å². The van der Waals surface area contributed by atoms with Gasteiger partial charge in [0.1, 0.15) is 0 Å². The molecule has 0 heterocycles. The van der Waals surface area contributed by atoms with Crippen molar-refractivity contribution in [2.24, 2.45) is 0 Å². The smallest absolute Gasteiger partial charge is 0.200 e. The number of hydrogen-bond acceptors (Lipinski definition) is 2. The lowest BCUT2D eigenvalue weighted by Crippen LogP contribution is -1.91. The maximum absolute atomic E-state index is 13.5. The molecular weight excluding hydrogens is 233 g/mol. The zero-order valence-electron chi connectivity index (χ0n) is 8.42. The molecule has 17 heavy (non-hydrogen) atoms. The second kappa shape index (κ2) is 4.01. The minimum Gasteiger partial charge on any atom is -0.505 e. The van der Waals surface area contributed by atoms with Gasteiger partial charge in [0.05, 0.1) is 0 Å². The lowest BCUT2D eigenvalue weighted by Gasteiger charge is -2.06. The normalized spacial score (nSPS) is 10.5. The Kier molecular flexibility index (Phi) is 2.67. The molecule has 88 valence electrons. The number of rotatable bonds is 1. The minimum absolute atomic E-state index is 0.0664. The van der Waals surface area contributed by atoms with Crippen LogP contribution >= 0.6 is 0 Å². The summed E-state index contributed by atoms with van der Waals surface area (Å²) in [7, 11) is 0. The van der Waals surface area contributed by atoms with Gasteiger partial charge in [-0.25, -0.2) is 8.78 Å². The van der Waals surface area contributed by atoms with E-state index in [2.05, 4.69) is 0 Å². The average molecular weight is 240 g/mol. The van der Waals surface area contributed by atoms with E-state index in [-0.39, 0.29) is 11.1 Å². The number of aromatic hydroxyl groups is 2. The third-order valence-corrected chi connectivity index (χ3v) is 2.32. The van der Waals surface area contributed by atoms with E-state index in [9.17, 15) is 13.2 Å². The molecule has 0 aromatic heterocycles. The van der Waals surface area contributed by atoms with Gasteiger partial charge in [-0.1, -0.05) is 6.07 Å². The molecule has 0 radical (unpaired) electrons. The monoisotopic (exact) mass is 240 g/mol. The first-order chi connectivity index (χ1) is 8.00. The first kappa shape index (κ1) is 11.3. The van der Waals surface area contributed by atoms with Crippen molar-refractivity contribution in [3.63, 3.8) is 0 Å². The summed E-state index contributed by atoms with van der Waals surface area (Å²) in [5.41, 5.74) is -0.129. The van der Waals surface area contributed by atoms with Crippen LogP contribution in [-0.2, 0) is 0 Å². The molecule has 0 saturated carbocycles. The van der Waals surface area contributed by atoms with Crippen LogP contribution in [0.25, 0.3) is 11.1 Å². The van der Waals surface area contributed by atoms with Gasteiger partial charge in [-0.3, -0.25) is 0 Å². The third-order valence-electron chi connectivity index (χ3n) is 2.32. The molecule has 2 nitrogen and oxygen atoms in total. The van der Waals surface area contributed by atoms with Crippen molar-refractivity contribution in [1.29, 1.82) is 0 Å². The van der Waals surface area contributed by atoms with Crippen LogP contribution in [0.5, 0.6) is 11.5 Å². The number of phenolic OH excluding ortho intramolecular Hbond substituents is 2. The largest absolute Gasteiger partial charge is 0.505 e. The van der Waals surface area contributed by atoms with Crippen molar-refractivity contribution in [2.75, 3.05) is 0 Å². The van der Waals surface area contributed by atoms with Crippen LogP contribution in [0.1, 0.15) is 0 Å². The van der Waals surface area contributed by atoms with Crippen molar-refractivity contribution in [3.8, 4) is 22.6 Å². The molecule has 2 aromatic rings. The molecular formula is C12H7F3O2. The summed E-state index contributed by atoms with van der Waals surface area (Å²) in [4.78, 5) is 0. The molecule has 0 amide bonds. The highest BCUT2D eigenvalue weighted by Gasteiger charge is 2.15. The third kappa shape index (κ3) is 1.91. The zero-order valence-corrected chi connectivity index (χ0v) is 8.42. The predicted molar refractivity (Wildman–Crippen MR) is 55.1 cm³/mol. The van der Waals surface area contributed by atoms with Crippen molar-refractivity contribution < 1.29 is 23.4 Å². The van der Waals surface area contributed by atoms with E-state index in [0.29, 0.717) is 0 Å². The van der Waals surface area contributed by atoms with Gasteiger partial charge >= 0.3 is 0 Å². The molecule has 0 atom stereocenters. The Labute approximate surface area is 94.6 Å². The second-order valence-electron chi connectivity index (χ2n) is 3.43. The maximum Gasteiger partial charge on any atom is 0.200 e. The molecule has 0 bridgehead atoms. The van der Waals surface area contributed by atoms with Crippen LogP contribution in [0.2, 0.25) is 0 Å². The van der Waals surface area contributed by atoms with Crippen LogP contribution < -0.4 is 0 Å². The minimum atomic E-state index is -1.39. The van der Waals surface area contributed by atoms with E-state index in [1.54, 1.807) is 0 Å². The Balaban J connectivity index is 2.61. The number of halogens is 3. The first-order valence-electron chi connectivity index (χ1n) is 4.66. The summed E-state index contributed by atoms with van der Waals surface area (Å²) >= 11 is 0. The molecule has 5 heteroatoms. The van der Waals surface area contributed by atoms with E-state index >= 15 is 0 Å². The molecule has 0 aliphatic rings. The highest BCUT2D eigenvalue weighted by molar-refractivity contribution is 5.66. The fourth-order valence-electron chi connectivity index (χ4n) is 1.44. The van der Waals surface area contributed by atoms with Crippen LogP contribution in [0.15, 0.2) is 30.3 Å². The van der Waals surface area contributed by atoms with Crippen LogP contribution in [0.3, 0.4) is 0 Å². The maximum atomic E-state index is 13.5. The van der Waals surface area contributed by atoms with Crippen molar-refractivity contribution in [3.05, 3.63) is 47.8 Å². The van der Waals surface area contributed by atoms with E-state index in [0.717, 1.165) is 24.3 Å². The standard InChI is InChI=1S/C12H7F3O2/c13-8-5-6(1-3-9(8)16)7-2-4-10(17)12(15)11(7)14/h1-5,16-17H. The van der Waals surface area contributed by atoms with E-state index < -0.39 is 29.0 Å². The molecule has 0 fully saturated rings. The molecule has 2 aromatic carbocycles. The van der Waals surface area contributed by atoms with E-state index in [4.69, 9.17) is 10.2 Å². The van der Waals surface area contributed by atoms with Gasteiger partial charge in [0.2, 0.25) is 5.82 Å². The van der Waals surface area contributed by atoms with Gasteiger partial charge in [-0.2, -0.15) is 4.39 Å². The molecule has 2 rings (SSSR count). The second-order valence-corrected chi connectivity index (χ2v) is 3.43. The fraction of sp³-hybridized carbons (Fsp3) is 0. The Morgan fingerprint density at radius 3 is 2.06 bits per heavy atom. The molecule has 0 aliphatic heterocycles. The Morgan fingerprint density at radius 2 is 1.41 bits per heavy atom. The topological polar surface area (TPSA) is 40.5 Å². The molecule has 0 saturated heterocycles. The van der Waals surface area contributed by atoms with Crippen LogP contribution in [0, 0.1) is 17.5 Å². The van der Waals surface area contributed by atoms with E-state index in [1.165, 1.54) is 6.07 Å². The average Bonchev–Trinajstić information content (AvgIpc) is 2.30. The Hall–Kier alpha value is -2.17. The molecule has 0 unspecified atom stereocenters. The molecule has 0 aliphatic carbocycles. The lowest BCUT2D eigenvalue weighted by atomic mass is 10.0. The van der Waals surface area contributed by atoms with Gasteiger partial charge in [-0.05, 0) is 29.8 Å². The van der Waals surface area contributed by atoms with Crippen molar-refractivity contribution >= 4 is 0 Å². The summed E-state index contributed by atoms with van der Waals surface area (Å²) in [6, 6.07) is 5.25. The van der Waals surface area contributed by atoms with Gasteiger partial charge in [-0.15, -0.1) is 0 Å². The highest BCUT2D eigenvalue weighted by Crippen LogP contribution is 2.30. The van der Waals surface area contributed by atoms with Gasteiger partial charge in [0.25, 0.3) is 0 Å². The summed E-state index contributed by atoms with van der Waals surface area (Å²) < 4.78 is 39.6. The number of hydrogen-bond donors (Lipinski definition) is 2. The highest BCUT2D eigenvalue weighted by atomic mass is 19.2. The van der Waals surface area contributed by atoms with Gasteiger partial charge in [0.15, 0.2) is 23.1 Å². The Bertz CT molecular complexity index is 582. The Morgan fingerprint density at radius 1 is 0.765 bits per heavy atom. The summed E-state index contributed by atoms with van der Waals surface area (Å²) in [6.45, 7) is 0. The fourth-order valence-corrected chi connectivity index (χ4v) is 1.44. The lowest BCUT2D eigenvalue weighted by molar-refractivity contribution is 0.408. The number of benzene rings is 2. The molecule has 0 spiro atoms. The quantitative estimate of drug-likeness (QED) is 0.803. The summed E-state index contributed by atoms with van der Waals surface area (Å²) in [5.74, 6) is -4.99. The van der Waals surface area contributed by atoms with Crippen LogP contribution in [-0.4, -0.2) is 10.2 Å². The van der Waals surface area contributed by atoms with Crippen LogP contribution in [0.4, 0.5) is 13.2 Å². The predicted octanol–water partition coefficient (Wildman–Crippen LogP) is 3.18. The molecule has 2 N–H and O–H groups in total. The first-order valence-corrected chi connectivity index (χ1v) is 4.66. The van der Waals surface area contributed by atoms with Gasteiger partial charge < -0.3 is 10.2 Å². The SMILES string of the molecule is Oc1ccc(-c2ccc(O)c(F)c2F)cc1F. The number of phenols is 2. The van der Waals surface area contributed by atoms with Crippen molar-refractivity contribution in [1.82, 2.24) is 0 Å². The zero-order chi connectivity index (χ0) is 12.6. The summed E-state index contributed by atoms with van der Waals surface area (Å²) in [5, 5.41) is 17.9. The van der Waals surface area contributed by atoms with Crippen molar-refractivity contribution in [2.45, 2.75) is 0 Å². The summed E-state index contributed by atoms with van der Waals surface area (Å²) in [6.07, 6.45) is 0.